The fourth-order valence-corrected chi connectivity index (χ4v) is 2.96. The van der Waals surface area contributed by atoms with Crippen molar-refractivity contribution in [2.45, 2.75) is 12.5 Å². The van der Waals surface area contributed by atoms with E-state index in [0.717, 1.165) is 21.1 Å². The molecule has 1 unspecified atom stereocenters. The van der Waals surface area contributed by atoms with Gasteiger partial charge in [-0.3, -0.25) is 0 Å². The highest BCUT2D eigenvalue weighted by Gasteiger charge is 2.12. The largest absolute Gasteiger partial charge is 0.496 e. The molecule has 0 aliphatic rings. The Kier molecular flexibility index (Phi) is 5.64. The summed E-state index contributed by atoms with van der Waals surface area (Å²) in [6.07, 6.45) is 0.947. The molecule has 0 saturated carbocycles. The minimum absolute atomic E-state index is 0.276. The number of rotatable bonds is 5. The SMILES string of the molecule is CNC(Cc1ccc(Br)cc1)c1ccc(OC)c(Br)c1. The molecule has 0 bridgehead atoms. The van der Waals surface area contributed by atoms with E-state index in [-0.39, 0.29) is 6.04 Å². The zero-order valence-corrected chi connectivity index (χ0v) is 14.7. The molecule has 0 aromatic heterocycles. The number of hydrogen-bond donors (Lipinski definition) is 1. The molecule has 20 heavy (non-hydrogen) atoms. The monoisotopic (exact) mass is 397 g/mol. The summed E-state index contributed by atoms with van der Waals surface area (Å²) in [6.45, 7) is 0. The lowest BCUT2D eigenvalue weighted by molar-refractivity contribution is 0.411. The number of likely N-dealkylation sites (N-methyl/N-ethyl adjacent to an activating group) is 1. The molecule has 0 heterocycles. The van der Waals surface area contributed by atoms with Gasteiger partial charge in [0.15, 0.2) is 0 Å². The van der Waals surface area contributed by atoms with Crippen molar-refractivity contribution < 1.29 is 4.74 Å². The minimum atomic E-state index is 0.276. The molecule has 2 nitrogen and oxygen atoms in total. The molecule has 0 aliphatic heterocycles. The van der Waals surface area contributed by atoms with E-state index in [1.165, 1.54) is 11.1 Å². The van der Waals surface area contributed by atoms with E-state index in [1.807, 2.05) is 13.1 Å². The third-order valence-corrected chi connectivity index (χ3v) is 4.43. The number of nitrogens with one attached hydrogen (secondary N) is 1. The Balaban J connectivity index is 2.19. The van der Waals surface area contributed by atoms with Crippen LogP contribution in [-0.4, -0.2) is 14.2 Å². The van der Waals surface area contributed by atoms with E-state index in [0.29, 0.717) is 0 Å². The van der Waals surface area contributed by atoms with Crippen LogP contribution in [0.25, 0.3) is 0 Å². The molecule has 2 aromatic rings. The maximum Gasteiger partial charge on any atom is 0.133 e. The minimum Gasteiger partial charge on any atom is -0.496 e. The van der Waals surface area contributed by atoms with Crippen molar-refractivity contribution in [3.05, 3.63) is 62.5 Å². The van der Waals surface area contributed by atoms with Gasteiger partial charge in [0.25, 0.3) is 0 Å². The summed E-state index contributed by atoms with van der Waals surface area (Å²) in [5, 5.41) is 3.37. The lowest BCUT2D eigenvalue weighted by Gasteiger charge is -2.18. The molecule has 106 valence electrons. The molecule has 1 atom stereocenters. The fourth-order valence-electron chi connectivity index (χ4n) is 2.14. The first kappa shape index (κ1) is 15.5. The fraction of sp³-hybridized carbons (Fsp3) is 0.250. The second kappa shape index (κ2) is 7.25. The van der Waals surface area contributed by atoms with Crippen molar-refractivity contribution in [3.63, 3.8) is 0 Å². The van der Waals surface area contributed by atoms with E-state index >= 15 is 0 Å². The van der Waals surface area contributed by atoms with E-state index in [9.17, 15) is 0 Å². The summed E-state index contributed by atoms with van der Waals surface area (Å²) in [5.74, 6) is 0.854. The maximum absolute atomic E-state index is 5.27. The summed E-state index contributed by atoms with van der Waals surface area (Å²) in [4.78, 5) is 0. The van der Waals surface area contributed by atoms with Crippen molar-refractivity contribution in [1.82, 2.24) is 5.32 Å². The Bertz CT molecular complexity index is 569. The third-order valence-electron chi connectivity index (χ3n) is 3.28. The highest BCUT2D eigenvalue weighted by atomic mass is 79.9. The molecule has 4 heteroatoms. The Morgan fingerprint density at radius 2 is 1.80 bits per heavy atom. The van der Waals surface area contributed by atoms with Gasteiger partial charge >= 0.3 is 0 Å². The quantitative estimate of drug-likeness (QED) is 0.786. The topological polar surface area (TPSA) is 21.3 Å². The molecule has 0 saturated heterocycles. The second-order valence-corrected chi connectivity index (χ2v) is 6.34. The van der Waals surface area contributed by atoms with Crippen molar-refractivity contribution in [2.75, 3.05) is 14.2 Å². The normalized spacial score (nSPS) is 12.2. The van der Waals surface area contributed by atoms with Gasteiger partial charge in [0.05, 0.1) is 11.6 Å². The average molecular weight is 399 g/mol. The van der Waals surface area contributed by atoms with Crippen molar-refractivity contribution in [3.8, 4) is 5.75 Å². The zero-order chi connectivity index (χ0) is 14.5. The van der Waals surface area contributed by atoms with Gasteiger partial charge in [0.1, 0.15) is 5.75 Å². The first-order valence-corrected chi connectivity index (χ1v) is 7.97. The molecular weight excluding hydrogens is 382 g/mol. The van der Waals surface area contributed by atoms with Crippen molar-refractivity contribution in [2.24, 2.45) is 0 Å². The Labute approximate surface area is 136 Å². The van der Waals surface area contributed by atoms with E-state index in [4.69, 9.17) is 4.74 Å². The van der Waals surface area contributed by atoms with Gasteiger partial charge in [-0.15, -0.1) is 0 Å². The van der Waals surface area contributed by atoms with Gasteiger partial charge < -0.3 is 10.1 Å². The van der Waals surface area contributed by atoms with Crippen LogP contribution < -0.4 is 10.1 Å². The lowest BCUT2D eigenvalue weighted by atomic mass is 9.99. The van der Waals surface area contributed by atoms with Crippen molar-refractivity contribution >= 4 is 31.9 Å². The van der Waals surface area contributed by atoms with Gasteiger partial charge in [-0.2, -0.15) is 0 Å². The van der Waals surface area contributed by atoms with Gasteiger partial charge in [-0.25, -0.2) is 0 Å². The summed E-state index contributed by atoms with van der Waals surface area (Å²) < 4.78 is 7.36. The molecule has 1 N–H and O–H groups in total. The van der Waals surface area contributed by atoms with Crippen LogP contribution in [-0.2, 0) is 6.42 Å². The molecule has 0 amide bonds. The average Bonchev–Trinajstić information content (AvgIpc) is 2.46. The molecule has 0 spiro atoms. The van der Waals surface area contributed by atoms with Crippen LogP contribution in [0.3, 0.4) is 0 Å². The highest BCUT2D eigenvalue weighted by molar-refractivity contribution is 9.10. The molecule has 0 fully saturated rings. The van der Waals surface area contributed by atoms with Gasteiger partial charge in [-0.05, 0) is 64.8 Å². The van der Waals surface area contributed by atoms with Crippen LogP contribution in [0.5, 0.6) is 5.75 Å². The van der Waals surface area contributed by atoms with Crippen LogP contribution >= 0.6 is 31.9 Å². The van der Waals surface area contributed by atoms with Crippen molar-refractivity contribution in [1.29, 1.82) is 0 Å². The highest BCUT2D eigenvalue weighted by Crippen LogP contribution is 2.29. The summed E-state index contributed by atoms with van der Waals surface area (Å²) in [7, 11) is 3.67. The Morgan fingerprint density at radius 3 is 2.35 bits per heavy atom. The number of halogens is 2. The Morgan fingerprint density at radius 1 is 1.10 bits per heavy atom. The standard InChI is InChI=1S/C16H17Br2NO/c1-19-15(9-11-3-6-13(17)7-4-11)12-5-8-16(20-2)14(18)10-12/h3-8,10,15,19H,9H2,1-2H3. The first-order chi connectivity index (χ1) is 9.63. The summed E-state index contributed by atoms with van der Waals surface area (Å²) in [6, 6.07) is 14.9. The van der Waals surface area contributed by atoms with E-state index in [1.54, 1.807) is 7.11 Å². The maximum atomic E-state index is 5.27. The van der Waals surface area contributed by atoms with Crippen LogP contribution in [0.15, 0.2) is 51.4 Å². The number of hydrogen-bond acceptors (Lipinski definition) is 2. The van der Waals surface area contributed by atoms with E-state index in [2.05, 4.69) is 73.6 Å². The van der Waals surface area contributed by atoms with Crippen LogP contribution in [0.1, 0.15) is 17.2 Å². The molecule has 0 radical (unpaired) electrons. The lowest BCUT2D eigenvalue weighted by Crippen LogP contribution is -2.18. The molecular formula is C16H17Br2NO. The number of ether oxygens (including phenoxy) is 1. The van der Waals surface area contributed by atoms with Crippen LogP contribution in [0, 0.1) is 0 Å². The molecule has 2 aromatic carbocycles. The Hall–Kier alpha value is -0.840. The van der Waals surface area contributed by atoms with Gasteiger partial charge in [-0.1, -0.05) is 34.1 Å². The predicted molar refractivity (Wildman–Crippen MR) is 90.3 cm³/mol. The smallest absolute Gasteiger partial charge is 0.133 e. The second-order valence-electron chi connectivity index (χ2n) is 4.57. The summed E-state index contributed by atoms with van der Waals surface area (Å²) >= 11 is 7.00. The molecule has 2 rings (SSSR count). The van der Waals surface area contributed by atoms with E-state index < -0.39 is 0 Å². The van der Waals surface area contributed by atoms with Crippen LogP contribution in [0.2, 0.25) is 0 Å². The zero-order valence-electron chi connectivity index (χ0n) is 11.5. The van der Waals surface area contributed by atoms with Crippen LogP contribution in [0.4, 0.5) is 0 Å². The van der Waals surface area contributed by atoms with Gasteiger partial charge in [0.2, 0.25) is 0 Å². The van der Waals surface area contributed by atoms with Gasteiger partial charge in [0, 0.05) is 10.5 Å². The molecule has 0 aliphatic carbocycles. The predicted octanol–water partition coefficient (Wildman–Crippen LogP) is 4.72. The summed E-state index contributed by atoms with van der Waals surface area (Å²) in [5.41, 5.74) is 2.54. The number of methoxy groups -OCH3 is 1. The first-order valence-electron chi connectivity index (χ1n) is 6.39. The third kappa shape index (κ3) is 3.84. The number of benzene rings is 2.